The van der Waals surface area contributed by atoms with E-state index in [1.165, 1.54) is 16.1 Å². The fraction of sp³-hybridized carbons (Fsp3) is 0.467. The highest BCUT2D eigenvalue weighted by Gasteiger charge is 2.12. The van der Waals surface area contributed by atoms with Crippen LogP contribution in [-0.4, -0.2) is 34.7 Å². The summed E-state index contributed by atoms with van der Waals surface area (Å²) < 4.78 is 3.07. The van der Waals surface area contributed by atoms with Gasteiger partial charge in [-0.05, 0) is 41.9 Å². The molecule has 0 saturated carbocycles. The Bertz CT molecular complexity index is 674. The second-order valence-corrected chi connectivity index (χ2v) is 7.78. The number of nitrogens with zero attached hydrogens (tertiary/aromatic N) is 4. The highest BCUT2D eigenvalue weighted by atomic mass is 79.9. The lowest BCUT2D eigenvalue weighted by Crippen LogP contribution is -2.38. The van der Waals surface area contributed by atoms with E-state index in [9.17, 15) is 0 Å². The molecule has 2 rings (SSSR count). The van der Waals surface area contributed by atoms with Crippen LogP contribution in [0.15, 0.2) is 20.9 Å². The number of guanidine groups is 1. The zero-order valence-electron chi connectivity index (χ0n) is 13.6. The summed E-state index contributed by atoms with van der Waals surface area (Å²) in [6.45, 7) is 5.70. The van der Waals surface area contributed by atoms with E-state index in [1.807, 2.05) is 32.7 Å². The van der Waals surface area contributed by atoms with Crippen LogP contribution in [0.3, 0.4) is 0 Å². The van der Waals surface area contributed by atoms with Crippen LogP contribution in [0.5, 0.6) is 0 Å². The molecule has 0 radical (unpaired) electrons. The molecule has 0 unspecified atom stereocenters. The summed E-state index contributed by atoms with van der Waals surface area (Å²) in [5.41, 5.74) is 3.48. The first-order valence-corrected chi connectivity index (χ1v) is 8.68. The van der Waals surface area contributed by atoms with Gasteiger partial charge in [-0.2, -0.15) is 5.10 Å². The third-order valence-electron chi connectivity index (χ3n) is 3.68. The number of nitrogens with one attached hydrogen (secondary N) is 1. The fourth-order valence-electron chi connectivity index (χ4n) is 2.37. The number of hydrogen-bond acceptors (Lipinski definition) is 3. The molecule has 0 aliphatic carbocycles. The first-order chi connectivity index (χ1) is 10.4. The van der Waals surface area contributed by atoms with Crippen LogP contribution in [0.4, 0.5) is 0 Å². The zero-order valence-corrected chi connectivity index (χ0v) is 16.0. The maximum Gasteiger partial charge on any atom is 0.193 e. The molecule has 0 amide bonds. The molecular formula is C15H22BrN5S. The predicted octanol–water partition coefficient (Wildman–Crippen LogP) is 3.07. The molecule has 0 bridgehead atoms. The molecular weight excluding hydrogens is 362 g/mol. The smallest absolute Gasteiger partial charge is 0.193 e. The van der Waals surface area contributed by atoms with Crippen molar-refractivity contribution in [3.63, 3.8) is 0 Å². The molecule has 2 aromatic heterocycles. The summed E-state index contributed by atoms with van der Waals surface area (Å²) in [6, 6.07) is 4.21. The van der Waals surface area contributed by atoms with Gasteiger partial charge in [0.1, 0.15) is 0 Å². The quantitative estimate of drug-likeness (QED) is 0.651. The number of aryl methyl sites for hydroxylation is 2. The molecule has 0 aliphatic rings. The molecule has 0 aliphatic heterocycles. The third kappa shape index (κ3) is 3.89. The van der Waals surface area contributed by atoms with E-state index in [-0.39, 0.29) is 0 Å². The number of hydrogen-bond donors (Lipinski definition) is 1. The van der Waals surface area contributed by atoms with E-state index in [2.05, 4.69) is 55.3 Å². The molecule has 7 heteroatoms. The van der Waals surface area contributed by atoms with Crippen molar-refractivity contribution < 1.29 is 0 Å². The molecule has 1 N–H and O–H groups in total. The standard InChI is InChI=1S/C15H22BrN5S/c1-10-13(11(2)21(5)19-10)8-18-15(17-3)20(4)9-12-6-7-14(16)22-12/h6-7H,8-9H2,1-5H3,(H,17,18). The number of aliphatic imine (C=N–C) groups is 1. The van der Waals surface area contributed by atoms with Crippen molar-refractivity contribution in [1.29, 1.82) is 0 Å². The minimum Gasteiger partial charge on any atom is -0.352 e. The van der Waals surface area contributed by atoms with Gasteiger partial charge >= 0.3 is 0 Å². The largest absolute Gasteiger partial charge is 0.352 e. The van der Waals surface area contributed by atoms with Gasteiger partial charge < -0.3 is 10.2 Å². The lowest BCUT2D eigenvalue weighted by atomic mass is 10.2. The first-order valence-electron chi connectivity index (χ1n) is 7.07. The molecule has 0 aromatic carbocycles. The summed E-state index contributed by atoms with van der Waals surface area (Å²) in [6.07, 6.45) is 0. The Hall–Kier alpha value is -1.34. The van der Waals surface area contributed by atoms with Gasteiger partial charge in [-0.3, -0.25) is 9.67 Å². The molecule has 0 fully saturated rings. The molecule has 22 heavy (non-hydrogen) atoms. The van der Waals surface area contributed by atoms with E-state index in [1.54, 1.807) is 11.3 Å². The van der Waals surface area contributed by atoms with E-state index in [0.717, 1.165) is 28.5 Å². The van der Waals surface area contributed by atoms with Crippen molar-refractivity contribution in [1.82, 2.24) is 20.0 Å². The fourth-order valence-corrected chi connectivity index (χ4v) is 3.91. The van der Waals surface area contributed by atoms with Gasteiger partial charge in [0.2, 0.25) is 0 Å². The highest BCUT2D eigenvalue weighted by molar-refractivity contribution is 9.11. The van der Waals surface area contributed by atoms with Crippen LogP contribution in [0.25, 0.3) is 0 Å². The molecule has 0 atom stereocenters. The Morgan fingerprint density at radius 3 is 2.68 bits per heavy atom. The van der Waals surface area contributed by atoms with Crippen molar-refractivity contribution in [2.24, 2.45) is 12.0 Å². The van der Waals surface area contributed by atoms with Crippen molar-refractivity contribution in [2.45, 2.75) is 26.9 Å². The molecule has 0 saturated heterocycles. The van der Waals surface area contributed by atoms with Crippen LogP contribution in [0.1, 0.15) is 21.8 Å². The van der Waals surface area contributed by atoms with Gasteiger partial charge in [0.05, 0.1) is 16.0 Å². The molecule has 2 aromatic rings. The van der Waals surface area contributed by atoms with Crippen LogP contribution in [0, 0.1) is 13.8 Å². The maximum atomic E-state index is 4.45. The third-order valence-corrected chi connectivity index (χ3v) is 5.29. The minimum atomic E-state index is 0.733. The summed E-state index contributed by atoms with van der Waals surface area (Å²) in [7, 11) is 5.83. The average Bonchev–Trinajstić information content (AvgIpc) is 2.97. The molecule has 5 nitrogen and oxygen atoms in total. The van der Waals surface area contributed by atoms with Gasteiger partial charge in [0, 0.05) is 43.8 Å². The van der Waals surface area contributed by atoms with E-state index >= 15 is 0 Å². The summed E-state index contributed by atoms with van der Waals surface area (Å²) in [5, 5.41) is 7.87. The first kappa shape index (κ1) is 17.0. The number of rotatable bonds is 4. The molecule has 2 heterocycles. The van der Waals surface area contributed by atoms with Gasteiger partial charge in [0.15, 0.2) is 5.96 Å². The van der Waals surface area contributed by atoms with Gasteiger partial charge in [-0.15, -0.1) is 11.3 Å². The van der Waals surface area contributed by atoms with E-state index in [4.69, 9.17) is 0 Å². The normalized spacial score (nSPS) is 11.8. The maximum absolute atomic E-state index is 4.45. The monoisotopic (exact) mass is 383 g/mol. The number of aromatic nitrogens is 2. The Morgan fingerprint density at radius 1 is 1.45 bits per heavy atom. The second-order valence-electron chi connectivity index (χ2n) is 5.24. The van der Waals surface area contributed by atoms with E-state index in [0.29, 0.717) is 0 Å². The summed E-state index contributed by atoms with van der Waals surface area (Å²) in [5.74, 6) is 0.882. The zero-order chi connectivity index (χ0) is 16.3. The predicted molar refractivity (Wildman–Crippen MR) is 96.4 cm³/mol. The van der Waals surface area contributed by atoms with Gasteiger partial charge in [-0.25, -0.2) is 0 Å². The topological polar surface area (TPSA) is 45.5 Å². The van der Waals surface area contributed by atoms with Crippen molar-refractivity contribution >= 4 is 33.2 Å². The van der Waals surface area contributed by atoms with Gasteiger partial charge in [-0.1, -0.05) is 0 Å². The Labute approximate surface area is 144 Å². The molecule has 120 valence electrons. The highest BCUT2D eigenvalue weighted by Crippen LogP contribution is 2.23. The number of halogens is 1. The Balaban J connectivity index is 2.00. The Kier molecular flexibility index (Phi) is 5.63. The summed E-state index contributed by atoms with van der Waals surface area (Å²) >= 11 is 5.25. The Morgan fingerprint density at radius 2 is 2.18 bits per heavy atom. The van der Waals surface area contributed by atoms with Crippen LogP contribution < -0.4 is 5.32 Å². The second kappa shape index (κ2) is 7.28. The van der Waals surface area contributed by atoms with Crippen LogP contribution in [-0.2, 0) is 20.1 Å². The molecule has 0 spiro atoms. The van der Waals surface area contributed by atoms with E-state index < -0.39 is 0 Å². The summed E-state index contributed by atoms with van der Waals surface area (Å²) in [4.78, 5) is 7.79. The lowest BCUT2D eigenvalue weighted by Gasteiger charge is -2.21. The van der Waals surface area contributed by atoms with Crippen LogP contribution >= 0.6 is 27.3 Å². The van der Waals surface area contributed by atoms with Gasteiger partial charge in [0.25, 0.3) is 0 Å². The minimum absolute atomic E-state index is 0.733. The van der Waals surface area contributed by atoms with Crippen molar-refractivity contribution in [3.8, 4) is 0 Å². The van der Waals surface area contributed by atoms with Crippen molar-refractivity contribution in [3.05, 3.63) is 37.7 Å². The number of thiophene rings is 1. The van der Waals surface area contributed by atoms with Crippen molar-refractivity contribution in [2.75, 3.05) is 14.1 Å². The van der Waals surface area contributed by atoms with Crippen LogP contribution in [0.2, 0.25) is 0 Å². The SMILES string of the molecule is CN=C(NCc1c(C)nn(C)c1C)N(C)Cc1ccc(Br)s1. The average molecular weight is 384 g/mol. The lowest BCUT2D eigenvalue weighted by molar-refractivity contribution is 0.481.